The van der Waals surface area contributed by atoms with Crippen LogP contribution in [-0.2, 0) is 4.74 Å². The molecule has 3 rings (SSSR count). The van der Waals surface area contributed by atoms with Gasteiger partial charge in [0.2, 0.25) is 5.95 Å². The monoisotopic (exact) mass is 448 g/mol. The maximum atomic E-state index is 13.6. The van der Waals surface area contributed by atoms with Crippen LogP contribution in [0.2, 0.25) is 0 Å². The van der Waals surface area contributed by atoms with Crippen molar-refractivity contribution >= 4 is 17.8 Å². The van der Waals surface area contributed by atoms with E-state index in [0.717, 1.165) is 51.9 Å². The van der Waals surface area contributed by atoms with E-state index >= 15 is 0 Å². The number of aromatic nitrogens is 1. The molecule has 0 aromatic carbocycles. The number of anilines is 1. The molecule has 1 aromatic heterocycles. The van der Waals surface area contributed by atoms with Crippen LogP contribution < -0.4 is 10.6 Å². The van der Waals surface area contributed by atoms with E-state index in [1.165, 1.54) is 31.4 Å². The van der Waals surface area contributed by atoms with Gasteiger partial charge in [-0.25, -0.2) is 9.78 Å². The zero-order valence-electron chi connectivity index (χ0n) is 19.6. The maximum absolute atomic E-state index is 13.6. The third kappa shape index (κ3) is 6.81. The van der Waals surface area contributed by atoms with E-state index in [9.17, 15) is 14.0 Å². The number of likely N-dealkylation sites (tertiary alicyclic amines) is 1. The summed E-state index contributed by atoms with van der Waals surface area (Å²) in [5.74, 6) is 0.506. The first-order chi connectivity index (χ1) is 15.1. The topological polar surface area (TPSA) is 88.8 Å². The van der Waals surface area contributed by atoms with Crippen molar-refractivity contribution in [2.24, 2.45) is 17.6 Å². The first-order valence-electron chi connectivity index (χ1n) is 11.8. The van der Waals surface area contributed by atoms with Crippen LogP contribution in [0.4, 0.5) is 15.0 Å². The average molecular weight is 449 g/mol. The molecule has 0 atom stereocenters. The molecule has 178 valence electrons. The SMILES string of the molecule is CC(C)(C)OC(=O)N1CCC(CCCC2CCN(c3nc(F)ccc3C(N)=O)CC2)CC1. The molecule has 32 heavy (non-hydrogen) atoms. The van der Waals surface area contributed by atoms with Crippen molar-refractivity contribution in [3.63, 3.8) is 0 Å². The zero-order chi connectivity index (χ0) is 23.3. The lowest BCUT2D eigenvalue weighted by Gasteiger charge is -2.35. The van der Waals surface area contributed by atoms with Gasteiger partial charge in [-0.05, 0) is 70.4 Å². The molecule has 2 fully saturated rings. The Labute approximate surface area is 190 Å². The van der Waals surface area contributed by atoms with Gasteiger partial charge in [0, 0.05) is 26.2 Å². The number of rotatable bonds is 6. The summed E-state index contributed by atoms with van der Waals surface area (Å²) in [7, 11) is 0. The number of nitrogens with zero attached hydrogens (tertiary/aromatic N) is 3. The molecule has 2 saturated heterocycles. The van der Waals surface area contributed by atoms with Gasteiger partial charge in [-0.15, -0.1) is 0 Å². The Kier molecular flexibility index (Phi) is 7.96. The molecular formula is C24H37FN4O3. The number of hydrogen-bond acceptors (Lipinski definition) is 5. The molecule has 0 aliphatic carbocycles. The van der Waals surface area contributed by atoms with E-state index in [1.54, 1.807) is 0 Å². The van der Waals surface area contributed by atoms with Gasteiger partial charge in [0.1, 0.15) is 11.4 Å². The molecule has 2 N–H and O–H groups in total. The summed E-state index contributed by atoms with van der Waals surface area (Å²) in [6.07, 6.45) is 7.46. The van der Waals surface area contributed by atoms with Crippen molar-refractivity contribution in [3.05, 3.63) is 23.6 Å². The zero-order valence-corrected chi connectivity index (χ0v) is 19.6. The highest BCUT2D eigenvalue weighted by Gasteiger charge is 2.27. The highest BCUT2D eigenvalue weighted by molar-refractivity contribution is 5.97. The van der Waals surface area contributed by atoms with Gasteiger partial charge < -0.3 is 20.3 Å². The normalized spacial score (nSPS) is 18.6. The van der Waals surface area contributed by atoms with Crippen LogP contribution in [0.3, 0.4) is 0 Å². The van der Waals surface area contributed by atoms with Gasteiger partial charge in [-0.1, -0.05) is 19.3 Å². The van der Waals surface area contributed by atoms with E-state index in [4.69, 9.17) is 10.5 Å². The van der Waals surface area contributed by atoms with Crippen molar-refractivity contribution < 1.29 is 18.7 Å². The quantitative estimate of drug-likeness (QED) is 0.654. The third-order valence-corrected chi connectivity index (χ3v) is 6.51. The lowest BCUT2D eigenvalue weighted by Crippen LogP contribution is -2.41. The van der Waals surface area contributed by atoms with Gasteiger partial charge in [-0.2, -0.15) is 4.39 Å². The van der Waals surface area contributed by atoms with Crippen LogP contribution in [0, 0.1) is 17.8 Å². The summed E-state index contributed by atoms with van der Waals surface area (Å²) in [5, 5.41) is 0. The Hall–Kier alpha value is -2.38. The molecule has 0 unspecified atom stereocenters. The summed E-state index contributed by atoms with van der Waals surface area (Å²) in [5.41, 5.74) is 5.26. The first-order valence-corrected chi connectivity index (χ1v) is 11.8. The van der Waals surface area contributed by atoms with E-state index in [2.05, 4.69) is 4.98 Å². The van der Waals surface area contributed by atoms with Crippen LogP contribution in [0.25, 0.3) is 0 Å². The van der Waals surface area contributed by atoms with Crippen molar-refractivity contribution in [1.29, 1.82) is 0 Å². The largest absolute Gasteiger partial charge is 0.444 e. The number of nitrogens with two attached hydrogens (primary N) is 1. The number of halogens is 1. The van der Waals surface area contributed by atoms with Crippen molar-refractivity contribution in [2.75, 3.05) is 31.1 Å². The fraction of sp³-hybridized carbons (Fsp3) is 0.708. The number of amides is 2. The first kappa shape index (κ1) is 24.3. The maximum Gasteiger partial charge on any atom is 0.410 e. The van der Waals surface area contributed by atoms with Gasteiger partial charge in [-0.3, -0.25) is 4.79 Å². The predicted molar refractivity (Wildman–Crippen MR) is 122 cm³/mol. The standard InChI is InChI=1S/C24H37FN4O3/c1-24(2,3)32-23(31)29-15-11-18(12-16-29)6-4-5-17-9-13-28(14-10-17)22-19(21(26)30)7-8-20(25)27-22/h7-8,17-18H,4-6,9-16H2,1-3H3,(H2,26,30). The molecule has 2 aliphatic rings. The second-order valence-electron chi connectivity index (χ2n) is 10.1. The number of hydrogen-bond donors (Lipinski definition) is 1. The van der Waals surface area contributed by atoms with Crippen molar-refractivity contribution in [1.82, 2.24) is 9.88 Å². The lowest BCUT2D eigenvalue weighted by molar-refractivity contribution is 0.0180. The molecule has 0 saturated carbocycles. The smallest absolute Gasteiger partial charge is 0.410 e. The average Bonchev–Trinajstić information content (AvgIpc) is 2.73. The summed E-state index contributed by atoms with van der Waals surface area (Å²) in [6.45, 7) is 8.77. The van der Waals surface area contributed by atoms with Crippen LogP contribution in [0.1, 0.15) is 76.1 Å². The van der Waals surface area contributed by atoms with Gasteiger partial charge in [0.05, 0.1) is 5.56 Å². The van der Waals surface area contributed by atoms with Crippen LogP contribution in [0.15, 0.2) is 12.1 Å². The number of ether oxygens (including phenoxy) is 1. The molecule has 2 amide bonds. The molecule has 0 bridgehead atoms. The molecule has 3 heterocycles. The predicted octanol–water partition coefficient (Wildman–Crippen LogP) is 4.35. The lowest BCUT2D eigenvalue weighted by atomic mass is 9.87. The number of carbonyl (C=O) groups excluding carboxylic acids is 2. The van der Waals surface area contributed by atoms with Crippen molar-refractivity contribution in [3.8, 4) is 0 Å². The minimum atomic E-state index is -0.593. The molecule has 2 aliphatic heterocycles. The van der Waals surface area contributed by atoms with Crippen LogP contribution in [0.5, 0.6) is 0 Å². The minimum absolute atomic E-state index is 0.199. The Bertz CT molecular complexity index is 795. The van der Waals surface area contributed by atoms with E-state index in [0.29, 0.717) is 17.7 Å². The summed E-state index contributed by atoms with van der Waals surface area (Å²) < 4.78 is 19.1. The van der Waals surface area contributed by atoms with Crippen LogP contribution in [-0.4, -0.2) is 53.7 Å². The van der Waals surface area contributed by atoms with E-state index in [1.807, 2.05) is 30.6 Å². The minimum Gasteiger partial charge on any atom is -0.444 e. The van der Waals surface area contributed by atoms with E-state index in [-0.39, 0.29) is 11.7 Å². The molecule has 0 spiro atoms. The summed E-state index contributed by atoms with van der Waals surface area (Å²) >= 11 is 0. The van der Waals surface area contributed by atoms with Gasteiger partial charge in [0.25, 0.3) is 5.91 Å². The molecule has 0 radical (unpaired) electrons. The number of carbonyl (C=O) groups is 2. The second kappa shape index (κ2) is 10.5. The Morgan fingerprint density at radius 1 is 1.06 bits per heavy atom. The Balaban J connectivity index is 1.37. The summed E-state index contributed by atoms with van der Waals surface area (Å²) in [6, 6.07) is 2.59. The fourth-order valence-corrected chi connectivity index (χ4v) is 4.72. The number of piperidine rings is 2. The molecule has 8 heteroatoms. The Morgan fingerprint density at radius 2 is 1.62 bits per heavy atom. The van der Waals surface area contributed by atoms with Gasteiger partial charge in [0.15, 0.2) is 0 Å². The van der Waals surface area contributed by atoms with E-state index < -0.39 is 17.5 Å². The second-order valence-corrected chi connectivity index (χ2v) is 10.1. The Morgan fingerprint density at radius 3 is 2.16 bits per heavy atom. The summed E-state index contributed by atoms with van der Waals surface area (Å²) in [4.78, 5) is 31.6. The highest BCUT2D eigenvalue weighted by atomic mass is 19.1. The number of primary amides is 1. The number of pyridine rings is 1. The molecule has 7 nitrogen and oxygen atoms in total. The van der Waals surface area contributed by atoms with Crippen molar-refractivity contribution in [2.45, 2.75) is 71.3 Å². The van der Waals surface area contributed by atoms with Gasteiger partial charge >= 0.3 is 6.09 Å². The third-order valence-electron chi connectivity index (χ3n) is 6.51. The fourth-order valence-electron chi connectivity index (χ4n) is 4.72. The highest BCUT2D eigenvalue weighted by Crippen LogP contribution is 2.30. The van der Waals surface area contributed by atoms with Crippen LogP contribution >= 0.6 is 0 Å². The molecule has 1 aromatic rings. The molecular weight excluding hydrogens is 411 g/mol.